The van der Waals surface area contributed by atoms with Crippen LogP contribution >= 0.6 is 23.2 Å². The molecule has 0 aliphatic carbocycles. The van der Waals surface area contributed by atoms with Crippen molar-refractivity contribution in [3.63, 3.8) is 0 Å². The van der Waals surface area contributed by atoms with Crippen LogP contribution in [0.3, 0.4) is 0 Å². The molecule has 10 heteroatoms. The maximum absolute atomic E-state index is 13.8. The van der Waals surface area contributed by atoms with Gasteiger partial charge >= 0.3 is 12.4 Å². The van der Waals surface area contributed by atoms with Crippen molar-refractivity contribution in [2.75, 3.05) is 0 Å². The van der Waals surface area contributed by atoms with Gasteiger partial charge in [-0.15, -0.1) is 0 Å². The van der Waals surface area contributed by atoms with E-state index in [-0.39, 0.29) is 26.9 Å². The van der Waals surface area contributed by atoms with Crippen LogP contribution in [0.5, 0.6) is 0 Å². The lowest BCUT2D eigenvalue weighted by molar-refractivity contribution is -0.275. The van der Waals surface area contributed by atoms with Crippen molar-refractivity contribution >= 4 is 35.0 Å². The van der Waals surface area contributed by atoms with Crippen molar-refractivity contribution in [1.82, 2.24) is 0 Å². The highest BCUT2D eigenvalue weighted by Crippen LogP contribution is 2.49. The fourth-order valence-corrected chi connectivity index (χ4v) is 3.07. The van der Waals surface area contributed by atoms with Gasteiger partial charge in [-0.3, -0.25) is 0 Å². The molecule has 154 valence electrons. The van der Waals surface area contributed by atoms with Crippen LogP contribution in [-0.2, 0) is 16.6 Å². The third kappa shape index (κ3) is 4.38. The van der Waals surface area contributed by atoms with Gasteiger partial charge in [-0.25, -0.2) is 0 Å². The van der Waals surface area contributed by atoms with E-state index in [0.717, 1.165) is 24.3 Å². The quantitative estimate of drug-likeness (QED) is 0.448. The second-order valence-electron chi connectivity index (χ2n) is 6.26. The van der Waals surface area contributed by atoms with E-state index in [2.05, 4.69) is 5.16 Å². The number of hydrogen-bond donors (Lipinski definition) is 0. The topological polar surface area (TPSA) is 21.6 Å². The first kappa shape index (κ1) is 21.5. The predicted octanol–water partition coefficient (Wildman–Crippen LogP) is 7.26. The molecule has 0 saturated carbocycles. The number of oxime groups is 1. The lowest BCUT2D eigenvalue weighted by Crippen LogP contribution is -2.42. The Morgan fingerprint density at radius 3 is 2.28 bits per heavy atom. The summed E-state index contributed by atoms with van der Waals surface area (Å²) in [6.07, 6.45) is -7.63. The third-order valence-electron chi connectivity index (χ3n) is 4.27. The molecule has 2 aromatic carbocycles. The van der Waals surface area contributed by atoms with E-state index in [9.17, 15) is 26.3 Å². The molecule has 29 heavy (non-hydrogen) atoms. The Morgan fingerprint density at radius 1 is 0.931 bits per heavy atom. The van der Waals surface area contributed by atoms with Gasteiger partial charge in [0.25, 0.3) is 5.60 Å². The number of hydrogen-bond acceptors (Lipinski definition) is 2. The lowest BCUT2D eigenvalue weighted by Gasteiger charge is -2.29. The minimum atomic E-state index is -4.83. The maximum Gasteiger partial charge on any atom is 0.435 e. The van der Waals surface area contributed by atoms with Gasteiger partial charge in [0.05, 0.1) is 21.3 Å². The summed E-state index contributed by atoms with van der Waals surface area (Å²) in [4.78, 5) is 4.79. The monoisotopic (exact) mass is 453 g/mol. The molecule has 1 aliphatic rings. The van der Waals surface area contributed by atoms with Crippen molar-refractivity contribution in [2.45, 2.75) is 24.4 Å². The third-order valence-corrected chi connectivity index (χ3v) is 5.01. The van der Waals surface area contributed by atoms with Gasteiger partial charge in [0.15, 0.2) is 0 Å². The number of nitrogens with zero attached hydrogens (tertiary/aromatic N) is 1. The molecule has 0 N–H and O–H groups in total. The zero-order chi connectivity index (χ0) is 21.4. The Kier molecular flexibility index (Phi) is 5.62. The molecule has 0 radical (unpaired) electrons. The highest BCUT2D eigenvalue weighted by molar-refractivity contribution is 6.42. The van der Waals surface area contributed by atoms with Crippen molar-refractivity contribution in [2.24, 2.45) is 5.16 Å². The van der Waals surface area contributed by atoms with E-state index in [1.54, 1.807) is 0 Å². The molecular formula is C19H11Cl2F6NO. The first-order valence-electron chi connectivity index (χ1n) is 8.05. The Morgan fingerprint density at radius 2 is 1.66 bits per heavy atom. The van der Waals surface area contributed by atoms with Gasteiger partial charge < -0.3 is 4.84 Å². The van der Waals surface area contributed by atoms with E-state index in [1.807, 2.05) is 0 Å². The van der Waals surface area contributed by atoms with E-state index >= 15 is 0 Å². The van der Waals surface area contributed by atoms with Crippen LogP contribution in [0, 0.1) is 0 Å². The fraction of sp³-hybridized carbons (Fsp3) is 0.211. The van der Waals surface area contributed by atoms with Crippen molar-refractivity contribution in [1.29, 1.82) is 0 Å². The maximum atomic E-state index is 13.8. The van der Waals surface area contributed by atoms with Crippen LogP contribution in [-0.4, -0.2) is 11.9 Å². The second kappa shape index (κ2) is 7.57. The minimum absolute atomic E-state index is 0.0793. The number of halogens is 8. The van der Waals surface area contributed by atoms with Crippen molar-refractivity contribution in [3.05, 3.63) is 75.3 Å². The first-order chi connectivity index (χ1) is 13.4. The highest BCUT2D eigenvalue weighted by Gasteiger charge is 2.62. The Hall–Kier alpha value is -2.19. The molecule has 1 heterocycles. The van der Waals surface area contributed by atoms with Gasteiger partial charge in [0.1, 0.15) is 0 Å². The van der Waals surface area contributed by atoms with Crippen LogP contribution in [0.1, 0.15) is 23.1 Å². The second-order valence-corrected chi connectivity index (χ2v) is 7.08. The lowest BCUT2D eigenvalue weighted by atomic mass is 9.88. The molecule has 3 rings (SSSR count). The van der Waals surface area contributed by atoms with Gasteiger partial charge in [0.2, 0.25) is 0 Å². The molecule has 0 fully saturated rings. The fourth-order valence-electron chi connectivity index (χ4n) is 2.77. The number of alkyl halides is 6. The highest BCUT2D eigenvalue weighted by atomic mass is 35.5. The average Bonchev–Trinajstić information content (AvgIpc) is 3.07. The molecule has 1 unspecified atom stereocenters. The SMILES string of the molecule is FC(F)(F)c1cccc(C=CC2=NOC(c3ccc(Cl)c(Cl)c3)(C(F)(F)F)C2)c1. The summed E-state index contributed by atoms with van der Waals surface area (Å²) in [6, 6.07) is 7.76. The number of rotatable bonds is 3. The zero-order valence-electron chi connectivity index (χ0n) is 14.3. The molecule has 0 spiro atoms. The van der Waals surface area contributed by atoms with Crippen molar-refractivity contribution in [3.8, 4) is 0 Å². The molecule has 2 aromatic rings. The van der Waals surface area contributed by atoms with Crippen LogP contribution in [0.4, 0.5) is 26.3 Å². The van der Waals surface area contributed by atoms with Crippen LogP contribution in [0.15, 0.2) is 53.7 Å². The van der Waals surface area contributed by atoms with E-state index in [1.165, 1.54) is 30.4 Å². The Bertz CT molecular complexity index is 983. The summed E-state index contributed by atoms with van der Waals surface area (Å²) in [6.45, 7) is 0. The van der Waals surface area contributed by atoms with Crippen LogP contribution in [0.25, 0.3) is 6.08 Å². The Balaban J connectivity index is 1.87. The molecule has 1 aliphatic heterocycles. The first-order valence-corrected chi connectivity index (χ1v) is 8.81. The average molecular weight is 454 g/mol. The Labute approximate surface area is 171 Å². The largest absolute Gasteiger partial charge is 0.435 e. The summed E-state index contributed by atoms with van der Waals surface area (Å²) in [7, 11) is 0. The zero-order valence-corrected chi connectivity index (χ0v) is 15.8. The summed E-state index contributed by atoms with van der Waals surface area (Å²) < 4.78 is 79.8. The standard InChI is InChI=1S/C19H11Cl2F6NO/c20-15-7-5-12(9-16(15)21)17(19(25,26)27)10-14(28-29-17)6-4-11-2-1-3-13(8-11)18(22,23)24/h1-9H,10H2. The molecule has 2 nitrogen and oxygen atoms in total. The van der Waals surface area contributed by atoms with E-state index < -0.39 is 29.9 Å². The van der Waals surface area contributed by atoms with Gasteiger partial charge in [0, 0.05) is 12.0 Å². The van der Waals surface area contributed by atoms with Crippen molar-refractivity contribution < 1.29 is 31.2 Å². The molecule has 0 bridgehead atoms. The molecule has 0 saturated heterocycles. The van der Waals surface area contributed by atoms with E-state index in [0.29, 0.717) is 0 Å². The summed E-state index contributed by atoms with van der Waals surface area (Å²) in [5.41, 5.74) is -3.86. The molecule has 0 aromatic heterocycles. The van der Waals surface area contributed by atoms with Gasteiger partial charge in [-0.05, 0) is 35.9 Å². The number of benzene rings is 2. The van der Waals surface area contributed by atoms with E-state index in [4.69, 9.17) is 28.0 Å². The number of allylic oxidation sites excluding steroid dienone is 1. The molecule has 1 atom stereocenters. The summed E-state index contributed by atoms with van der Waals surface area (Å²) in [5.74, 6) is 0. The summed E-state index contributed by atoms with van der Waals surface area (Å²) >= 11 is 11.6. The minimum Gasteiger partial charge on any atom is -0.374 e. The van der Waals surface area contributed by atoms with Crippen LogP contribution < -0.4 is 0 Å². The summed E-state index contributed by atoms with van der Waals surface area (Å²) in [5, 5.41) is 3.48. The van der Waals surface area contributed by atoms with Gasteiger partial charge in [-0.1, -0.05) is 52.6 Å². The predicted molar refractivity (Wildman–Crippen MR) is 97.8 cm³/mol. The normalized spacial score (nSPS) is 20.1. The van der Waals surface area contributed by atoms with Gasteiger partial charge in [-0.2, -0.15) is 26.3 Å². The van der Waals surface area contributed by atoms with Crippen LogP contribution in [0.2, 0.25) is 10.0 Å². The molecule has 0 amide bonds. The molecular weight excluding hydrogens is 443 g/mol. The smallest absolute Gasteiger partial charge is 0.374 e.